The summed E-state index contributed by atoms with van der Waals surface area (Å²) >= 11 is 0. The van der Waals surface area contributed by atoms with Gasteiger partial charge in [-0.3, -0.25) is 4.79 Å². The average molecular weight is 247 g/mol. The van der Waals surface area contributed by atoms with E-state index in [0.29, 0.717) is 12.5 Å². The van der Waals surface area contributed by atoms with Gasteiger partial charge in [-0.15, -0.1) is 0 Å². The van der Waals surface area contributed by atoms with Crippen LogP contribution in [0.4, 0.5) is 0 Å². The van der Waals surface area contributed by atoms with Gasteiger partial charge in [0.1, 0.15) is 0 Å². The Morgan fingerprint density at radius 2 is 1.83 bits per heavy atom. The fraction of sp³-hybridized carbons (Fsp3) is 0.562. The predicted molar refractivity (Wildman–Crippen MR) is 76.9 cm³/mol. The third kappa shape index (κ3) is 3.42. The molecule has 1 aromatic rings. The largest absolute Gasteiger partial charge is 0.330 e. The monoisotopic (exact) mass is 247 g/mol. The summed E-state index contributed by atoms with van der Waals surface area (Å²) in [6, 6.07) is 8.03. The van der Waals surface area contributed by atoms with E-state index in [9.17, 15) is 4.79 Å². The molecule has 1 atom stereocenters. The van der Waals surface area contributed by atoms with Crippen molar-refractivity contribution in [1.82, 2.24) is 0 Å². The molecule has 0 radical (unpaired) electrons. The fourth-order valence-corrected chi connectivity index (χ4v) is 2.06. The summed E-state index contributed by atoms with van der Waals surface area (Å²) in [6.45, 7) is 8.85. The highest BCUT2D eigenvalue weighted by Gasteiger charge is 2.27. The van der Waals surface area contributed by atoms with Crippen molar-refractivity contribution in [2.45, 2.75) is 46.5 Å². The second-order valence-corrected chi connectivity index (χ2v) is 5.68. The zero-order chi connectivity index (χ0) is 13.8. The van der Waals surface area contributed by atoms with Gasteiger partial charge in [0.15, 0.2) is 5.78 Å². The smallest absolute Gasteiger partial charge is 0.168 e. The zero-order valence-electron chi connectivity index (χ0n) is 12.0. The maximum Gasteiger partial charge on any atom is 0.168 e. The number of ketones is 1. The van der Waals surface area contributed by atoms with Crippen LogP contribution < -0.4 is 5.73 Å². The lowest BCUT2D eigenvalue weighted by Crippen LogP contribution is -2.27. The lowest BCUT2D eigenvalue weighted by Gasteiger charge is -2.22. The van der Waals surface area contributed by atoms with E-state index < -0.39 is 0 Å². The third-order valence-electron chi connectivity index (χ3n) is 3.74. The second-order valence-electron chi connectivity index (χ2n) is 5.68. The Bertz CT molecular complexity index is 392. The predicted octanol–water partition coefficient (Wildman–Crippen LogP) is 3.76. The molecular weight excluding hydrogens is 222 g/mol. The van der Waals surface area contributed by atoms with E-state index in [-0.39, 0.29) is 11.2 Å². The van der Waals surface area contributed by atoms with Gasteiger partial charge in [0.25, 0.3) is 0 Å². The fourth-order valence-electron chi connectivity index (χ4n) is 2.06. The maximum absolute atomic E-state index is 12.4. The molecule has 0 saturated carbocycles. The molecule has 0 bridgehead atoms. The summed E-state index contributed by atoms with van der Waals surface area (Å²) in [5, 5.41) is 0. The number of hydrogen-bond acceptors (Lipinski definition) is 2. The van der Waals surface area contributed by atoms with Crippen LogP contribution in [0, 0.1) is 5.41 Å². The number of benzene rings is 1. The van der Waals surface area contributed by atoms with Gasteiger partial charge >= 0.3 is 0 Å². The molecule has 0 amide bonds. The first-order valence-electron chi connectivity index (χ1n) is 6.77. The molecule has 100 valence electrons. The first-order chi connectivity index (χ1) is 8.42. The van der Waals surface area contributed by atoms with Crippen molar-refractivity contribution >= 4 is 5.78 Å². The maximum atomic E-state index is 12.4. The molecule has 0 aliphatic rings. The normalized spacial score (nSPS) is 13.4. The molecule has 1 rings (SSSR count). The van der Waals surface area contributed by atoms with Gasteiger partial charge in [-0.25, -0.2) is 0 Å². The Morgan fingerprint density at radius 3 is 2.28 bits per heavy atom. The van der Waals surface area contributed by atoms with E-state index in [4.69, 9.17) is 5.73 Å². The Hall–Kier alpha value is -1.15. The molecule has 2 heteroatoms. The van der Waals surface area contributed by atoms with E-state index >= 15 is 0 Å². The summed E-state index contributed by atoms with van der Waals surface area (Å²) in [6.07, 6.45) is 1.84. The van der Waals surface area contributed by atoms with Crippen LogP contribution in [0.1, 0.15) is 62.4 Å². The third-order valence-corrected chi connectivity index (χ3v) is 3.74. The van der Waals surface area contributed by atoms with Crippen LogP contribution in [0.5, 0.6) is 0 Å². The number of hydrogen-bond donors (Lipinski definition) is 1. The number of carbonyl (C=O) groups excluding carboxylic acids is 1. The van der Waals surface area contributed by atoms with Gasteiger partial charge < -0.3 is 5.73 Å². The lowest BCUT2D eigenvalue weighted by atomic mass is 9.81. The first-order valence-corrected chi connectivity index (χ1v) is 6.77. The van der Waals surface area contributed by atoms with Crippen molar-refractivity contribution in [1.29, 1.82) is 0 Å². The molecule has 0 aliphatic carbocycles. The molecule has 1 unspecified atom stereocenters. The van der Waals surface area contributed by atoms with E-state index in [1.807, 2.05) is 26.0 Å². The highest BCUT2D eigenvalue weighted by molar-refractivity contribution is 6.00. The second kappa shape index (κ2) is 6.14. The molecule has 0 aliphatic heterocycles. The van der Waals surface area contributed by atoms with E-state index in [1.54, 1.807) is 0 Å². The van der Waals surface area contributed by atoms with Crippen LogP contribution in [0.2, 0.25) is 0 Å². The molecular formula is C16H25NO. The molecule has 18 heavy (non-hydrogen) atoms. The summed E-state index contributed by atoms with van der Waals surface area (Å²) in [5.41, 5.74) is 7.28. The van der Waals surface area contributed by atoms with E-state index in [2.05, 4.69) is 26.0 Å². The first kappa shape index (κ1) is 14.9. The summed E-state index contributed by atoms with van der Waals surface area (Å²) in [7, 11) is 0. The molecule has 2 nitrogen and oxygen atoms in total. The van der Waals surface area contributed by atoms with E-state index in [0.717, 1.165) is 18.4 Å². The Kier molecular flexibility index (Phi) is 5.09. The minimum atomic E-state index is -0.368. The topological polar surface area (TPSA) is 43.1 Å². The Morgan fingerprint density at radius 1 is 1.28 bits per heavy atom. The van der Waals surface area contributed by atoms with Crippen molar-refractivity contribution in [3.05, 3.63) is 35.4 Å². The SMILES string of the molecule is CCC(C)c1ccc(C(=O)C(C)(C)CCN)cc1. The average Bonchev–Trinajstić information content (AvgIpc) is 2.37. The zero-order valence-corrected chi connectivity index (χ0v) is 12.0. The van der Waals surface area contributed by atoms with Crippen LogP contribution in [0.15, 0.2) is 24.3 Å². The van der Waals surface area contributed by atoms with E-state index in [1.165, 1.54) is 5.56 Å². The minimum Gasteiger partial charge on any atom is -0.330 e. The lowest BCUT2D eigenvalue weighted by molar-refractivity contribution is 0.0829. The molecule has 2 N–H and O–H groups in total. The molecule has 1 aromatic carbocycles. The van der Waals surface area contributed by atoms with Gasteiger partial charge in [-0.05, 0) is 30.9 Å². The summed E-state index contributed by atoms with van der Waals surface area (Å²) in [4.78, 5) is 12.4. The van der Waals surface area contributed by atoms with Gasteiger partial charge in [-0.2, -0.15) is 0 Å². The van der Waals surface area contributed by atoms with Crippen molar-refractivity contribution in [2.75, 3.05) is 6.54 Å². The molecule has 0 spiro atoms. The van der Waals surface area contributed by atoms with Gasteiger partial charge in [0, 0.05) is 11.0 Å². The van der Waals surface area contributed by atoms with Crippen molar-refractivity contribution < 1.29 is 4.79 Å². The Labute approximate surface area is 111 Å². The standard InChI is InChI=1S/C16H25NO/c1-5-12(2)13-6-8-14(9-7-13)15(18)16(3,4)10-11-17/h6-9,12H,5,10-11,17H2,1-4H3. The number of rotatable bonds is 6. The number of Topliss-reactive ketones (excluding diaryl/α,β-unsaturated/α-hetero) is 1. The quantitative estimate of drug-likeness (QED) is 0.778. The van der Waals surface area contributed by atoms with Crippen LogP contribution in [-0.4, -0.2) is 12.3 Å². The molecule has 0 fully saturated rings. The highest BCUT2D eigenvalue weighted by atomic mass is 16.1. The summed E-state index contributed by atoms with van der Waals surface area (Å²) in [5.74, 6) is 0.731. The van der Waals surface area contributed by atoms with Gasteiger partial charge in [-0.1, -0.05) is 52.0 Å². The van der Waals surface area contributed by atoms with Crippen LogP contribution in [0.3, 0.4) is 0 Å². The molecule has 0 saturated heterocycles. The summed E-state index contributed by atoms with van der Waals surface area (Å²) < 4.78 is 0. The van der Waals surface area contributed by atoms with Crippen molar-refractivity contribution in [3.63, 3.8) is 0 Å². The van der Waals surface area contributed by atoms with Crippen molar-refractivity contribution in [3.8, 4) is 0 Å². The van der Waals surface area contributed by atoms with Crippen LogP contribution >= 0.6 is 0 Å². The molecule has 0 heterocycles. The van der Waals surface area contributed by atoms with Gasteiger partial charge in [0.2, 0.25) is 0 Å². The van der Waals surface area contributed by atoms with Crippen LogP contribution in [-0.2, 0) is 0 Å². The molecule has 0 aromatic heterocycles. The Balaban J connectivity index is 2.88. The van der Waals surface area contributed by atoms with Gasteiger partial charge in [0.05, 0.1) is 0 Å². The van der Waals surface area contributed by atoms with Crippen molar-refractivity contribution in [2.24, 2.45) is 11.1 Å². The number of nitrogens with two attached hydrogens (primary N) is 1. The number of carbonyl (C=O) groups is 1. The minimum absolute atomic E-state index is 0.184. The van der Waals surface area contributed by atoms with Crippen LogP contribution in [0.25, 0.3) is 0 Å². The highest BCUT2D eigenvalue weighted by Crippen LogP contribution is 2.26.